The second-order valence-corrected chi connectivity index (χ2v) is 9.58. The number of rotatable bonds is 6. The van der Waals surface area contributed by atoms with Gasteiger partial charge in [-0.15, -0.1) is 0 Å². The number of ether oxygens (including phenoxy) is 2. The van der Waals surface area contributed by atoms with E-state index in [-0.39, 0.29) is 23.2 Å². The van der Waals surface area contributed by atoms with Gasteiger partial charge in [0, 0.05) is 0 Å². The zero-order chi connectivity index (χ0) is 22.2. The minimum Gasteiger partial charge on any atom is -0.497 e. The van der Waals surface area contributed by atoms with E-state index in [1.165, 1.54) is 10.4 Å². The summed E-state index contributed by atoms with van der Waals surface area (Å²) < 4.78 is 54.9. The fourth-order valence-electron chi connectivity index (χ4n) is 3.45. The molecule has 0 amide bonds. The minimum absolute atomic E-state index is 0.00812. The lowest BCUT2D eigenvalue weighted by atomic mass is 10.2. The molecule has 1 aliphatic heterocycles. The largest absolute Gasteiger partial charge is 0.497 e. The molecule has 0 aromatic heterocycles. The van der Waals surface area contributed by atoms with E-state index in [9.17, 15) is 8.42 Å². The van der Waals surface area contributed by atoms with Crippen LogP contribution >= 0.6 is 15.9 Å². The lowest BCUT2D eigenvalue weighted by molar-refractivity contribution is 0.414. The van der Waals surface area contributed by atoms with Gasteiger partial charge in [0.1, 0.15) is 17.2 Å². The van der Waals surface area contributed by atoms with Crippen LogP contribution in [0.25, 0.3) is 0 Å². The van der Waals surface area contributed by atoms with Crippen LogP contribution in [0.1, 0.15) is 11.1 Å². The highest BCUT2D eigenvalue weighted by atomic mass is 79.9. The molecule has 3 aromatic carbocycles. The van der Waals surface area contributed by atoms with Crippen molar-refractivity contribution in [3.63, 3.8) is 0 Å². The van der Waals surface area contributed by atoms with Crippen LogP contribution in [0.5, 0.6) is 11.5 Å². The van der Waals surface area contributed by atoms with E-state index < -0.39 is 16.0 Å². The Labute approximate surface area is 189 Å². The van der Waals surface area contributed by atoms with Crippen LogP contribution in [0.15, 0.2) is 65.1 Å². The van der Waals surface area contributed by atoms with E-state index in [1.54, 1.807) is 68.8 Å². The Morgan fingerprint density at radius 3 is 1.77 bits per heavy atom. The number of nitrogens with zero attached hydrogens (tertiary/aromatic N) is 2. The quantitative estimate of drug-likeness (QED) is 0.478. The van der Waals surface area contributed by atoms with Crippen molar-refractivity contribution < 1.29 is 22.3 Å². The Hall–Kier alpha value is -2.78. The Bertz CT molecular complexity index is 1200. The number of fused-ring (bicyclic) bond motifs is 1. The molecule has 6 nitrogen and oxygen atoms in total. The van der Waals surface area contributed by atoms with Crippen molar-refractivity contribution in [3.8, 4) is 11.5 Å². The summed E-state index contributed by atoms with van der Waals surface area (Å²) in [7, 11) is -0.892. The highest BCUT2D eigenvalue weighted by Crippen LogP contribution is 2.46. The highest BCUT2D eigenvalue weighted by Gasteiger charge is 2.42. The second-order valence-electron chi connectivity index (χ2n) is 6.95. The molecule has 4 rings (SSSR count). The van der Waals surface area contributed by atoms with Crippen molar-refractivity contribution in [1.82, 2.24) is 0 Å². The van der Waals surface area contributed by atoms with Gasteiger partial charge in [-0.1, -0.05) is 24.3 Å². The lowest BCUT2D eigenvalue weighted by Gasteiger charge is -2.22. The molecular formula is C22H20BrFN2O4S. The van der Waals surface area contributed by atoms with E-state index in [4.69, 9.17) is 9.47 Å². The van der Waals surface area contributed by atoms with Crippen LogP contribution in [-0.4, -0.2) is 22.6 Å². The zero-order valence-corrected chi connectivity index (χ0v) is 19.3. The first kappa shape index (κ1) is 21.5. The second kappa shape index (κ2) is 8.39. The molecule has 0 N–H and O–H groups in total. The Morgan fingerprint density at radius 2 is 1.29 bits per heavy atom. The SMILES string of the molecule is COc1ccc(CN2c3ccc(Br)c(F)c3N(Cc3ccc(OC)cc3)S2(=O)=O)cc1. The molecule has 0 bridgehead atoms. The van der Waals surface area contributed by atoms with Crippen LogP contribution in [0.2, 0.25) is 0 Å². The summed E-state index contributed by atoms with van der Waals surface area (Å²) >= 11 is 3.18. The van der Waals surface area contributed by atoms with Gasteiger partial charge in [-0.25, -0.2) is 13.0 Å². The Kier molecular flexibility index (Phi) is 5.81. The van der Waals surface area contributed by atoms with Gasteiger partial charge < -0.3 is 9.47 Å². The maximum atomic E-state index is 15.1. The van der Waals surface area contributed by atoms with Gasteiger partial charge >= 0.3 is 10.2 Å². The summed E-state index contributed by atoms with van der Waals surface area (Å²) in [5.74, 6) is 0.708. The molecule has 0 atom stereocenters. The molecule has 3 aromatic rings. The number of hydrogen-bond donors (Lipinski definition) is 0. The fourth-order valence-corrected chi connectivity index (χ4v) is 5.43. The highest BCUT2D eigenvalue weighted by molar-refractivity contribution is 9.10. The molecule has 0 radical (unpaired) electrons. The lowest BCUT2D eigenvalue weighted by Crippen LogP contribution is -2.37. The molecule has 0 saturated heterocycles. The number of benzene rings is 3. The van der Waals surface area contributed by atoms with E-state index in [2.05, 4.69) is 15.9 Å². The summed E-state index contributed by atoms with van der Waals surface area (Å²) in [6, 6.07) is 17.2. The maximum absolute atomic E-state index is 15.1. The summed E-state index contributed by atoms with van der Waals surface area (Å²) in [6.45, 7) is 0.0608. The molecule has 0 saturated carbocycles. The first-order valence-corrected chi connectivity index (χ1v) is 11.6. The molecular weight excluding hydrogens is 487 g/mol. The van der Waals surface area contributed by atoms with Crippen LogP contribution in [0.4, 0.5) is 15.8 Å². The average molecular weight is 507 g/mol. The summed E-state index contributed by atoms with van der Waals surface area (Å²) in [5.41, 5.74) is 1.79. The van der Waals surface area contributed by atoms with Crippen LogP contribution in [0.3, 0.4) is 0 Å². The fraction of sp³-hybridized carbons (Fsp3) is 0.182. The number of anilines is 2. The number of hydrogen-bond acceptors (Lipinski definition) is 4. The topological polar surface area (TPSA) is 59.1 Å². The minimum atomic E-state index is -4.01. The van der Waals surface area contributed by atoms with Crippen molar-refractivity contribution in [3.05, 3.63) is 82.1 Å². The molecule has 0 fully saturated rings. The van der Waals surface area contributed by atoms with Gasteiger partial charge in [0.05, 0.1) is 37.5 Å². The van der Waals surface area contributed by atoms with Crippen LogP contribution in [0, 0.1) is 5.82 Å². The summed E-state index contributed by atoms with van der Waals surface area (Å²) in [5, 5.41) is 0. The van der Waals surface area contributed by atoms with Crippen molar-refractivity contribution >= 4 is 37.5 Å². The maximum Gasteiger partial charge on any atom is 0.327 e. The molecule has 9 heteroatoms. The smallest absolute Gasteiger partial charge is 0.327 e. The van der Waals surface area contributed by atoms with Crippen molar-refractivity contribution in [1.29, 1.82) is 0 Å². The molecule has 162 valence electrons. The molecule has 0 spiro atoms. The summed E-state index contributed by atoms with van der Waals surface area (Å²) in [6.07, 6.45) is 0. The van der Waals surface area contributed by atoms with Crippen molar-refractivity contribution in [2.24, 2.45) is 0 Å². The van der Waals surface area contributed by atoms with Crippen LogP contribution in [-0.2, 0) is 23.3 Å². The average Bonchev–Trinajstić information content (AvgIpc) is 2.99. The number of halogens is 2. The van der Waals surface area contributed by atoms with E-state index in [1.807, 2.05) is 0 Å². The molecule has 0 aliphatic carbocycles. The monoisotopic (exact) mass is 506 g/mol. The summed E-state index contributed by atoms with van der Waals surface area (Å²) in [4.78, 5) is 0. The third kappa shape index (κ3) is 3.95. The molecule has 1 aliphatic rings. The number of methoxy groups -OCH3 is 2. The Morgan fingerprint density at radius 1 is 0.806 bits per heavy atom. The normalized spacial score (nSPS) is 14.5. The zero-order valence-electron chi connectivity index (χ0n) is 16.9. The molecule has 1 heterocycles. The van der Waals surface area contributed by atoms with Gasteiger partial charge in [0.15, 0.2) is 5.82 Å². The van der Waals surface area contributed by atoms with Crippen molar-refractivity contribution in [2.75, 3.05) is 22.8 Å². The van der Waals surface area contributed by atoms with E-state index >= 15 is 4.39 Å². The third-order valence-electron chi connectivity index (χ3n) is 5.09. The van der Waals surface area contributed by atoms with Crippen LogP contribution < -0.4 is 18.1 Å². The Balaban J connectivity index is 1.74. The van der Waals surface area contributed by atoms with E-state index in [0.717, 1.165) is 9.87 Å². The van der Waals surface area contributed by atoms with Crippen molar-refractivity contribution in [2.45, 2.75) is 13.1 Å². The standard InChI is InChI=1S/C22H20BrFN2O4S/c1-29-17-7-3-15(4-8-17)13-25-20-12-11-19(23)21(24)22(20)26(31(25,27)28)14-16-5-9-18(30-2)10-6-16/h3-12H,13-14H2,1-2H3. The van der Waals surface area contributed by atoms with Gasteiger partial charge in [-0.3, -0.25) is 0 Å². The molecule has 0 unspecified atom stereocenters. The van der Waals surface area contributed by atoms with Gasteiger partial charge in [0.25, 0.3) is 0 Å². The third-order valence-corrected chi connectivity index (χ3v) is 7.46. The van der Waals surface area contributed by atoms with Gasteiger partial charge in [-0.05, 0) is 63.5 Å². The van der Waals surface area contributed by atoms with E-state index in [0.29, 0.717) is 22.7 Å². The van der Waals surface area contributed by atoms with Gasteiger partial charge in [0.2, 0.25) is 0 Å². The molecule has 31 heavy (non-hydrogen) atoms. The van der Waals surface area contributed by atoms with Gasteiger partial charge in [-0.2, -0.15) is 8.42 Å². The first-order valence-electron chi connectivity index (χ1n) is 9.39. The predicted octanol–water partition coefficient (Wildman–Crippen LogP) is 4.88. The predicted molar refractivity (Wildman–Crippen MR) is 121 cm³/mol. The first-order chi connectivity index (χ1) is 14.8.